The number of fused-ring (bicyclic) bond motifs is 1. The predicted octanol–water partition coefficient (Wildman–Crippen LogP) is 1.77. The van der Waals surface area contributed by atoms with Gasteiger partial charge in [0, 0.05) is 13.1 Å². The highest BCUT2D eigenvalue weighted by Gasteiger charge is 2.15. The molecule has 0 saturated carbocycles. The van der Waals surface area contributed by atoms with E-state index in [9.17, 15) is 5.11 Å². The number of imidazole rings is 1. The fourth-order valence-electron chi connectivity index (χ4n) is 2.11. The lowest BCUT2D eigenvalue weighted by Crippen LogP contribution is -2.35. The van der Waals surface area contributed by atoms with Gasteiger partial charge >= 0.3 is 0 Å². The Bertz CT molecular complexity index is 499. The summed E-state index contributed by atoms with van der Waals surface area (Å²) >= 11 is 0. The summed E-state index contributed by atoms with van der Waals surface area (Å²) in [6.07, 6.45) is 1.70. The van der Waals surface area contributed by atoms with Crippen LogP contribution in [0.2, 0.25) is 0 Å². The fraction of sp³-hybridized carbons (Fsp3) is 0.462. The molecule has 92 valence electrons. The maximum absolute atomic E-state index is 9.75. The minimum absolute atomic E-state index is 0.647. The Morgan fingerprint density at radius 3 is 2.88 bits per heavy atom. The van der Waals surface area contributed by atoms with Crippen molar-refractivity contribution in [2.75, 3.05) is 13.6 Å². The average molecular weight is 233 g/mol. The van der Waals surface area contributed by atoms with Gasteiger partial charge in [0.15, 0.2) is 0 Å². The van der Waals surface area contributed by atoms with E-state index in [0.29, 0.717) is 6.54 Å². The maximum Gasteiger partial charge on any atom is 0.0931 e. The van der Waals surface area contributed by atoms with E-state index in [1.165, 1.54) is 5.56 Å². The number of nitrogens with zero attached hydrogens (tertiary/aromatic N) is 2. The second-order valence-electron chi connectivity index (χ2n) is 5.24. The van der Waals surface area contributed by atoms with Gasteiger partial charge < -0.3 is 10.1 Å². The van der Waals surface area contributed by atoms with Crippen LogP contribution in [0.4, 0.5) is 0 Å². The van der Waals surface area contributed by atoms with Crippen molar-refractivity contribution >= 4 is 11.0 Å². The molecule has 0 aliphatic rings. The SMILES string of the molecule is CN(Cc1ccc2nc[nH]c2c1)CC(C)(C)O. The number of H-pyrrole nitrogens is 1. The van der Waals surface area contributed by atoms with Gasteiger partial charge in [0.05, 0.1) is 23.0 Å². The van der Waals surface area contributed by atoms with Gasteiger partial charge in [0.2, 0.25) is 0 Å². The molecule has 1 aromatic heterocycles. The summed E-state index contributed by atoms with van der Waals surface area (Å²) in [6, 6.07) is 6.19. The van der Waals surface area contributed by atoms with E-state index in [4.69, 9.17) is 0 Å². The molecule has 0 atom stereocenters. The number of nitrogens with one attached hydrogen (secondary N) is 1. The molecule has 0 radical (unpaired) electrons. The topological polar surface area (TPSA) is 52.2 Å². The van der Waals surface area contributed by atoms with Crippen LogP contribution in [0, 0.1) is 0 Å². The molecule has 1 heterocycles. The second kappa shape index (κ2) is 4.47. The number of aromatic amines is 1. The number of hydrogen-bond donors (Lipinski definition) is 2. The zero-order valence-corrected chi connectivity index (χ0v) is 10.6. The molecular formula is C13H19N3O. The van der Waals surface area contributed by atoms with Crippen molar-refractivity contribution in [3.8, 4) is 0 Å². The summed E-state index contributed by atoms with van der Waals surface area (Å²) in [7, 11) is 2.01. The van der Waals surface area contributed by atoms with Crippen LogP contribution in [0.1, 0.15) is 19.4 Å². The van der Waals surface area contributed by atoms with Crippen LogP contribution in [0.25, 0.3) is 11.0 Å². The minimum Gasteiger partial charge on any atom is -0.389 e. The molecule has 0 aliphatic heterocycles. The van der Waals surface area contributed by atoms with Gasteiger partial charge in [-0.3, -0.25) is 4.90 Å². The van der Waals surface area contributed by atoms with Crippen LogP contribution in [-0.4, -0.2) is 39.2 Å². The van der Waals surface area contributed by atoms with Gasteiger partial charge in [0.1, 0.15) is 0 Å². The summed E-state index contributed by atoms with van der Waals surface area (Å²) in [6.45, 7) is 5.11. The van der Waals surface area contributed by atoms with Gasteiger partial charge in [-0.05, 0) is 38.6 Å². The smallest absolute Gasteiger partial charge is 0.0931 e. The number of rotatable bonds is 4. The molecule has 0 saturated heterocycles. The molecule has 17 heavy (non-hydrogen) atoms. The van der Waals surface area contributed by atoms with Crippen molar-refractivity contribution < 1.29 is 5.11 Å². The van der Waals surface area contributed by atoms with Crippen LogP contribution in [0.3, 0.4) is 0 Å². The lowest BCUT2D eigenvalue weighted by Gasteiger charge is -2.25. The molecule has 4 nitrogen and oxygen atoms in total. The Balaban J connectivity index is 2.07. The molecule has 2 aromatic rings. The third-order valence-electron chi connectivity index (χ3n) is 2.59. The first-order valence-corrected chi connectivity index (χ1v) is 5.77. The van der Waals surface area contributed by atoms with Crippen LogP contribution < -0.4 is 0 Å². The molecule has 2 rings (SSSR count). The van der Waals surface area contributed by atoms with Crippen LogP contribution in [-0.2, 0) is 6.54 Å². The Labute approximate surface area is 101 Å². The normalized spacial score (nSPS) is 12.5. The van der Waals surface area contributed by atoms with E-state index in [1.807, 2.05) is 27.0 Å². The van der Waals surface area contributed by atoms with E-state index in [0.717, 1.165) is 17.6 Å². The quantitative estimate of drug-likeness (QED) is 0.846. The molecular weight excluding hydrogens is 214 g/mol. The van der Waals surface area contributed by atoms with E-state index >= 15 is 0 Å². The highest BCUT2D eigenvalue weighted by molar-refractivity contribution is 5.74. The Morgan fingerprint density at radius 1 is 1.41 bits per heavy atom. The standard InChI is InChI=1S/C13H19N3O/c1-13(2,17)8-16(3)7-10-4-5-11-12(6-10)15-9-14-11/h4-6,9,17H,7-8H2,1-3H3,(H,14,15). The third-order valence-corrected chi connectivity index (χ3v) is 2.59. The van der Waals surface area contributed by atoms with Gasteiger partial charge in [0.25, 0.3) is 0 Å². The summed E-state index contributed by atoms with van der Waals surface area (Å²) in [5.74, 6) is 0. The largest absolute Gasteiger partial charge is 0.389 e. The summed E-state index contributed by atoms with van der Waals surface area (Å²) in [5.41, 5.74) is 2.60. The van der Waals surface area contributed by atoms with Gasteiger partial charge in [-0.1, -0.05) is 6.07 Å². The summed E-state index contributed by atoms with van der Waals surface area (Å²) < 4.78 is 0. The molecule has 0 spiro atoms. The number of hydrogen-bond acceptors (Lipinski definition) is 3. The number of aromatic nitrogens is 2. The molecule has 0 fully saturated rings. The molecule has 2 N–H and O–H groups in total. The first kappa shape index (κ1) is 12.1. The minimum atomic E-state index is -0.660. The van der Waals surface area contributed by atoms with E-state index in [-0.39, 0.29) is 0 Å². The Morgan fingerprint density at radius 2 is 2.18 bits per heavy atom. The number of aliphatic hydroxyl groups is 1. The van der Waals surface area contributed by atoms with Crippen molar-refractivity contribution in [2.45, 2.75) is 26.0 Å². The summed E-state index contributed by atoms with van der Waals surface area (Å²) in [5, 5.41) is 9.75. The zero-order valence-electron chi connectivity index (χ0n) is 10.6. The van der Waals surface area contributed by atoms with Gasteiger partial charge in [-0.2, -0.15) is 0 Å². The monoisotopic (exact) mass is 233 g/mol. The maximum atomic E-state index is 9.75. The molecule has 0 bridgehead atoms. The van der Waals surface area contributed by atoms with Crippen molar-refractivity contribution in [2.24, 2.45) is 0 Å². The highest BCUT2D eigenvalue weighted by atomic mass is 16.3. The molecule has 0 amide bonds. The number of benzene rings is 1. The van der Waals surface area contributed by atoms with Crippen molar-refractivity contribution in [1.29, 1.82) is 0 Å². The van der Waals surface area contributed by atoms with Crippen molar-refractivity contribution in [1.82, 2.24) is 14.9 Å². The Hall–Kier alpha value is -1.39. The molecule has 1 aromatic carbocycles. The van der Waals surface area contributed by atoms with Crippen LogP contribution in [0.5, 0.6) is 0 Å². The van der Waals surface area contributed by atoms with Gasteiger partial charge in [-0.25, -0.2) is 4.98 Å². The number of likely N-dealkylation sites (N-methyl/N-ethyl adjacent to an activating group) is 1. The highest BCUT2D eigenvalue weighted by Crippen LogP contribution is 2.14. The zero-order chi connectivity index (χ0) is 12.5. The lowest BCUT2D eigenvalue weighted by molar-refractivity contribution is 0.0425. The first-order chi connectivity index (χ1) is 7.94. The molecule has 0 unspecified atom stereocenters. The van der Waals surface area contributed by atoms with Crippen LogP contribution >= 0.6 is 0 Å². The fourth-order valence-corrected chi connectivity index (χ4v) is 2.11. The summed E-state index contributed by atoms with van der Waals surface area (Å²) in [4.78, 5) is 9.40. The van der Waals surface area contributed by atoms with E-state index < -0.39 is 5.60 Å². The van der Waals surface area contributed by atoms with Crippen molar-refractivity contribution in [3.63, 3.8) is 0 Å². The second-order valence-corrected chi connectivity index (χ2v) is 5.24. The first-order valence-electron chi connectivity index (χ1n) is 5.77. The van der Waals surface area contributed by atoms with Crippen molar-refractivity contribution in [3.05, 3.63) is 30.1 Å². The van der Waals surface area contributed by atoms with E-state index in [2.05, 4.69) is 27.0 Å². The average Bonchev–Trinajstić information content (AvgIpc) is 2.61. The third kappa shape index (κ3) is 3.28. The van der Waals surface area contributed by atoms with Gasteiger partial charge in [-0.15, -0.1) is 0 Å². The predicted molar refractivity (Wildman–Crippen MR) is 68.7 cm³/mol. The van der Waals surface area contributed by atoms with E-state index in [1.54, 1.807) is 6.33 Å². The molecule has 4 heteroatoms. The lowest BCUT2D eigenvalue weighted by atomic mass is 10.1. The molecule has 0 aliphatic carbocycles. The Kier molecular flexibility index (Phi) is 3.17. The van der Waals surface area contributed by atoms with Crippen LogP contribution in [0.15, 0.2) is 24.5 Å².